The highest BCUT2D eigenvalue weighted by Gasteiger charge is 2.28. The molecule has 5 heteroatoms. The van der Waals surface area contributed by atoms with Crippen LogP contribution in [0.4, 0.5) is 10.1 Å². The summed E-state index contributed by atoms with van der Waals surface area (Å²) in [6.07, 6.45) is 0. The van der Waals surface area contributed by atoms with Crippen LogP contribution in [0.1, 0.15) is 13.8 Å². The molecule has 88 valence electrons. The number of rotatable bonds is 3. The lowest BCUT2D eigenvalue weighted by Gasteiger charge is -2.22. The van der Waals surface area contributed by atoms with Crippen LogP contribution in [0.25, 0.3) is 0 Å². The minimum atomic E-state index is -0.998. The number of benzene rings is 1. The van der Waals surface area contributed by atoms with Gasteiger partial charge < -0.3 is 10.1 Å². The minimum Gasteiger partial charge on any atom is -0.369 e. The van der Waals surface area contributed by atoms with Gasteiger partial charge in [-0.25, -0.2) is 4.39 Å². The molecule has 1 N–H and O–H groups in total. The Kier molecular flexibility index (Phi) is 4.04. The Balaban J connectivity index is 2.94. The molecule has 0 fully saturated rings. The van der Waals surface area contributed by atoms with Crippen LogP contribution in [-0.2, 0) is 9.53 Å². The van der Waals surface area contributed by atoms with Gasteiger partial charge in [0.25, 0.3) is 5.91 Å². The van der Waals surface area contributed by atoms with E-state index in [1.807, 2.05) is 0 Å². The number of ether oxygens (including phenoxy) is 1. The first kappa shape index (κ1) is 13.1. The second-order valence-corrected chi connectivity index (χ2v) is 4.62. The van der Waals surface area contributed by atoms with E-state index in [1.165, 1.54) is 13.2 Å². The fraction of sp³-hybridized carbons (Fsp3) is 0.364. The summed E-state index contributed by atoms with van der Waals surface area (Å²) in [7, 11) is 1.43. The first-order valence-electron chi connectivity index (χ1n) is 4.69. The Hall–Kier alpha value is -0.940. The van der Waals surface area contributed by atoms with Gasteiger partial charge in [-0.2, -0.15) is 0 Å². The molecule has 0 aliphatic rings. The highest BCUT2D eigenvalue weighted by atomic mass is 79.9. The van der Waals surface area contributed by atoms with Gasteiger partial charge in [0.05, 0.1) is 5.69 Å². The van der Waals surface area contributed by atoms with E-state index in [0.717, 1.165) is 0 Å². The summed E-state index contributed by atoms with van der Waals surface area (Å²) in [5, 5.41) is 2.48. The van der Waals surface area contributed by atoms with E-state index in [0.29, 0.717) is 4.47 Å². The molecule has 1 aromatic rings. The van der Waals surface area contributed by atoms with E-state index in [1.54, 1.807) is 26.0 Å². The summed E-state index contributed by atoms with van der Waals surface area (Å²) in [6.45, 7) is 3.22. The number of amides is 1. The molecule has 3 nitrogen and oxygen atoms in total. The molecule has 1 amide bonds. The van der Waals surface area contributed by atoms with Crippen molar-refractivity contribution >= 4 is 27.5 Å². The van der Waals surface area contributed by atoms with Gasteiger partial charge in [0.2, 0.25) is 0 Å². The molecular weight excluding hydrogens is 277 g/mol. The van der Waals surface area contributed by atoms with Crippen molar-refractivity contribution in [2.75, 3.05) is 12.4 Å². The van der Waals surface area contributed by atoms with Crippen LogP contribution >= 0.6 is 15.9 Å². The number of nitrogens with one attached hydrogen (secondary N) is 1. The molecule has 0 unspecified atom stereocenters. The fourth-order valence-corrected chi connectivity index (χ4v) is 1.42. The molecule has 0 saturated carbocycles. The number of carbonyl (C=O) groups is 1. The van der Waals surface area contributed by atoms with Gasteiger partial charge in [-0.05, 0) is 41.9 Å². The van der Waals surface area contributed by atoms with Crippen LogP contribution < -0.4 is 5.32 Å². The zero-order valence-electron chi connectivity index (χ0n) is 9.30. The van der Waals surface area contributed by atoms with Crippen LogP contribution in [0.15, 0.2) is 22.7 Å². The van der Waals surface area contributed by atoms with Crippen LogP contribution in [0.3, 0.4) is 0 Å². The first-order chi connectivity index (χ1) is 7.38. The largest absolute Gasteiger partial charge is 0.369 e. The van der Waals surface area contributed by atoms with Crippen LogP contribution in [0.2, 0.25) is 0 Å². The van der Waals surface area contributed by atoms with Crippen molar-refractivity contribution in [1.29, 1.82) is 0 Å². The van der Waals surface area contributed by atoms with E-state index in [9.17, 15) is 9.18 Å². The molecule has 0 spiro atoms. The predicted octanol–water partition coefficient (Wildman–Crippen LogP) is 2.95. The maximum Gasteiger partial charge on any atom is 0.256 e. The van der Waals surface area contributed by atoms with Gasteiger partial charge in [-0.1, -0.05) is 6.07 Å². The van der Waals surface area contributed by atoms with Crippen molar-refractivity contribution < 1.29 is 13.9 Å². The lowest BCUT2D eigenvalue weighted by molar-refractivity contribution is -0.133. The molecule has 0 saturated heterocycles. The second kappa shape index (κ2) is 4.93. The number of halogens is 2. The third-order valence-corrected chi connectivity index (χ3v) is 2.92. The summed E-state index contributed by atoms with van der Waals surface area (Å²) in [5.41, 5.74) is -0.875. The van der Waals surface area contributed by atoms with Gasteiger partial charge in [-0.15, -0.1) is 0 Å². The molecule has 0 aliphatic heterocycles. The maximum atomic E-state index is 13.4. The molecule has 0 heterocycles. The number of anilines is 1. The van der Waals surface area contributed by atoms with E-state index in [4.69, 9.17) is 4.74 Å². The van der Waals surface area contributed by atoms with E-state index >= 15 is 0 Å². The molecule has 0 radical (unpaired) electrons. The average molecular weight is 290 g/mol. The van der Waals surface area contributed by atoms with Crippen molar-refractivity contribution in [3.63, 3.8) is 0 Å². The van der Waals surface area contributed by atoms with Crippen LogP contribution in [-0.4, -0.2) is 18.6 Å². The van der Waals surface area contributed by atoms with Crippen molar-refractivity contribution in [2.45, 2.75) is 19.4 Å². The second-order valence-electron chi connectivity index (χ2n) is 3.77. The Morgan fingerprint density at radius 2 is 2.12 bits per heavy atom. The van der Waals surface area contributed by atoms with E-state index < -0.39 is 17.3 Å². The third-order valence-electron chi connectivity index (χ3n) is 2.26. The topological polar surface area (TPSA) is 38.3 Å². The van der Waals surface area contributed by atoms with Gasteiger partial charge in [0, 0.05) is 11.6 Å². The Morgan fingerprint density at radius 3 is 2.62 bits per heavy atom. The summed E-state index contributed by atoms with van der Waals surface area (Å²) in [6, 6.07) is 4.48. The minimum absolute atomic E-state index is 0.123. The Morgan fingerprint density at radius 1 is 1.50 bits per heavy atom. The van der Waals surface area contributed by atoms with E-state index in [-0.39, 0.29) is 5.69 Å². The van der Waals surface area contributed by atoms with Gasteiger partial charge in [-0.3, -0.25) is 4.79 Å². The average Bonchev–Trinajstić information content (AvgIpc) is 2.23. The zero-order chi connectivity index (χ0) is 12.3. The lowest BCUT2D eigenvalue weighted by Crippen LogP contribution is -2.39. The lowest BCUT2D eigenvalue weighted by atomic mass is 10.1. The third kappa shape index (κ3) is 2.80. The molecule has 16 heavy (non-hydrogen) atoms. The van der Waals surface area contributed by atoms with Crippen molar-refractivity contribution in [3.05, 3.63) is 28.5 Å². The molecule has 0 bridgehead atoms. The summed E-state index contributed by atoms with van der Waals surface area (Å²) < 4.78 is 18.9. The molecule has 0 atom stereocenters. The van der Waals surface area contributed by atoms with Gasteiger partial charge >= 0.3 is 0 Å². The van der Waals surface area contributed by atoms with Crippen LogP contribution in [0, 0.1) is 5.82 Å². The maximum absolute atomic E-state index is 13.4. The molecule has 0 aliphatic carbocycles. The number of hydrogen-bond donors (Lipinski definition) is 1. The summed E-state index contributed by atoms with van der Waals surface area (Å²) in [5.74, 6) is -0.893. The van der Waals surface area contributed by atoms with Crippen molar-refractivity contribution in [3.8, 4) is 0 Å². The number of para-hydroxylation sites is 1. The normalized spacial score (nSPS) is 11.3. The first-order valence-corrected chi connectivity index (χ1v) is 5.48. The number of carbonyl (C=O) groups excluding carboxylic acids is 1. The summed E-state index contributed by atoms with van der Waals surface area (Å²) in [4.78, 5) is 11.7. The highest BCUT2D eigenvalue weighted by molar-refractivity contribution is 9.10. The number of hydrogen-bond acceptors (Lipinski definition) is 2. The molecule has 1 rings (SSSR count). The van der Waals surface area contributed by atoms with Crippen LogP contribution in [0.5, 0.6) is 0 Å². The molecule has 1 aromatic carbocycles. The Labute approximate surface area is 102 Å². The fourth-order valence-electron chi connectivity index (χ4n) is 0.974. The summed E-state index contributed by atoms with van der Waals surface area (Å²) >= 11 is 3.17. The smallest absolute Gasteiger partial charge is 0.256 e. The molecule has 0 aromatic heterocycles. The highest BCUT2D eigenvalue weighted by Crippen LogP contribution is 2.26. The standard InChI is InChI=1S/C11H13BrFNO2/c1-11(2,16-3)10(15)14-9-7(12)5-4-6-8(9)13/h4-6H,1-3H3,(H,14,15). The zero-order valence-corrected chi connectivity index (χ0v) is 10.9. The van der Waals surface area contributed by atoms with Crippen molar-refractivity contribution in [2.24, 2.45) is 0 Å². The quantitative estimate of drug-likeness (QED) is 0.929. The van der Waals surface area contributed by atoms with Crippen molar-refractivity contribution in [1.82, 2.24) is 0 Å². The SMILES string of the molecule is COC(C)(C)C(=O)Nc1c(F)cccc1Br. The Bertz CT molecular complexity index is 387. The monoisotopic (exact) mass is 289 g/mol. The van der Waals surface area contributed by atoms with Gasteiger partial charge in [0.1, 0.15) is 11.4 Å². The predicted molar refractivity (Wildman–Crippen MR) is 63.8 cm³/mol. The molecular formula is C11H13BrFNO2. The van der Waals surface area contributed by atoms with Gasteiger partial charge in [0.15, 0.2) is 0 Å². The number of methoxy groups -OCH3 is 1. The van der Waals surface area contributed by atoms with E-state index in [2.05, 4.69) is 21.2 Å².